The van der Waals surface area contributed by atoms with E-state index >= 15 is 0 Å². The highest BCUT2D eigenvalue weighted by Gasteiger charge is 2.41. The molecule has 0 fully saturated rings. The van der Waals surface area contributed by atoms with Gasteiger partial charge in [0.25, 0.3) is 0 Å². The number of benzene rings is 2. The van der Waals surface area contributed by atoms with Gasteiger partial charge in [0.2, 0.25) is 5.95 Å². The SMILES string of the molecule is CC1(C)CC(=O)C2=C(C1)Nc1nc(-c3ccc(Cl)cc3)nn1C2c1ccc(O)cc1. The molecule has 7 heteroatoms. The fraction of sp³-hybridized carbons (Fsp3) is 0.261. The molecule has 2 heterocycles. The second-order valence-electron chi connectivity index (χ2n) is 8.66. The van der Waals surface area contributed by atoms with E-state index in [0.717, 1.165) is 28.8 Å². The molecule has 0 radical (unpaired) electrons. The summed E-state index contributed by atoms with van der Waals surface area (Å²) in [5.41, 5.74) is 3.22. The van der Waals surface area contributed by atoms with E-state index in [1.54, 1.807) is 28.9 Å². The van der Waals surface area contributed by atoms with Crippen LogP contribution < -0.4 is 5.32 Å². The number of nitrogens with one attached hydrogen (secondary N) is 1. The number of hydrogen-bond donors (Lipinski definition) is 2. The Kier molecular flexibility index (Phi) is 4.22. The number of phenolic OH excluding ortho intramolecular Hbond substituents is 1. The number of Topliss-reactive ketones (excluding diaryl/α,β-unsaturated/α-hetero) is 1. The molecule has 1 aliphatic heterocycles. The molecule has 0 saturated heterocycles. The minimum absolute atomic E-state index is 0.112. The van der Waals surface area contributed by atoms with E-state index in [1.165, 1.54) is 0 Å². The number of ketones is 1. The number of nitrogens with zero attached hydrogens (tertiary/aromatic N) is 3. The van der Waals surface area contributed by atoms with Gasteiger partial charge >= 0.3 is 0 Å². The minimum Gasteiger partial charge on any atom is -0.508 e. The standard InChI is InChI=1S/C23H21ClN4O2/c1-23(2)11-17-19(18(30)12-23)20(13-5-9-16(29)10-6-13)28-22(25-17)26-21(27-28)14-3-7-15(24)8-4-14/h3-10,20,29H,11-12H2,1-2H3,(H,25,26,27). The van der Waals surface area contributed by atoms with Crippen molar-refractivity contribution in [1.82, 2.24) is 14.8 Å². The molecule has 2 aromatic carbocycles. The number of phenols is 1. The third kappa shape index (κ3) is 3.17. The summed E-state index contributed by atoms with van der Waals surface area (Å²) >= 11 is 6.02. The van der Waals surface area contributed by atoms with E-state index < -0.39 is 6.04 Å². The Hall–Kier alpha value is -3.12. The van der Waals surface area contributed by atoms with Crippen LogP contribution in [0.2, 0.25) is 5.02 Å². The molecule has 5 rings (SSSR count). The van der Waals surface area contributed by atoms with Crippen LogP contribution >= 0.6 is 11.6 Å². The van der Waals surface area contributed by atoms with Gasteiger partial charge in [0.05, 0.1) is 0 Å². The molecule has 1 aliphatic carbocycles. The Morgan fingerprint density at radius 2 is 1.80 bits per heavy atom. The predicted molar refractivity (Wildman–Crippen MR) is 115 cm³/mol. The summed E-state index contributed by atoms with van der Waals surface area (Å²) in [5, 5.41) is 18.5. The summed E-state index contributed by atoms with van der Waals surface area (Å²) in [6, 6.07) is 13.9. The van der Waals surface area contributed by atoms with Crippen LogP contribution in [-0.4, -0.2) is 25.7 Å². The molecule has 152 valence electrons. The highest BCUT2D eigenvalue weighted by atomic mass is 35.5. The van der Waals surface area contributed by atoms with Crippen molar-refractivity contribution in [3.63, 3.8) is 0 Å². The monoisotopic (exact) mass is 420 g/mol. The molecular formula is C23H21ClN4O2. The lowest BCUT2D eigenvalue weighted by atomic mass is 9.73. The highest BCUT2D eigenvalue weighted by molar-refractivity contribution is 6.30. The maximum Gasteiger partial charge on any atom is 0.226 e. The van der Waals surface area contributed by atoms with Gasteiger partial charge in [-0.25, -0.2) is 4.68 Å². The number of carbonyl (C=O) groups is 1. The van der Waals surface area contributed by atoms with Gasteiger partial charge < -0.3 is 10.4 Å². The van der Waals surface area contributed by atoms with Crippen LogP contribution in [0.1, 0.15) is 38.3 Å². The van der Waals surface area contributed by atoms with Crippen molar-refractivity contribution in [3.05, 3.63) is 70.4 Å². The van der Waals surface area contributed by atoms with Crippen LogP contribution in [-0.2, 0) is 4.79 Å². The second kappa shape index (κ2) is 6.71. The Labute approximate surface area is 179 Å². The van der Waals surface area contributed by atoms with Gasteiger partial charge in [0.1, 0.15) is 11.8 Å². The third-order valence-electron chi connectivity index (χ3n) is 5.64. The van der Waals surface area contributed by atoms with Crippen LogP contribution in [0.4, 0.5) is 5.95 Å². The van der Waals surface area contributed by atoms with Crippen molar-refractivity contribution in [1.29, 1.82) is 0 Å². The van der Waals surface area contributed by atoms with Crippen LogP contribution in [0.25, 0.3) is 11.4 Å². The van der Waals surface area contributed by atoms with Crippen molar-refractivity contribution < 1.29 is 9.90 Å². The fourth-order valence-corrected chi connectivity index (χ4v) is 4.42. The van der Waals surface area contributed by atoms with Crippen LogP contribution in [0.5, 0.6) is 5.75 Å². The minimum atomic E-state index is -0.394. The average molecular weight is 421 g/mol. The van der Waals surface area contributed by atoms with E-state index in [-0.39, 0.29) is 16.9 Å². The summed E-state index contributed by atoms with van der Waals surface area (Å²) in [6.07, 6.45) is 1.24. The summed E-state index contributed by atoms with van der Waals surface area (Å²) in [4.78, 5) is 17.9. The zero-order valence-corrected chi connectivity index (χ0v) is 17.4. The van der Waals surface area contributed by atoms with Crippen molar-refractivity contribution in [3.8, 4) is 17.1 Å². The van der Waals surface area contributed by atoms with Crippen LogP contribution in [0, 0.1) is 5.41 Å². The molecule has 0 bridgehead atoms. The van der Waals surface area contributed by atoms with E-state index in [4.69, 9.17) is 21.7 Å². The zero-order chi connectivity index (χ0) is 21.0. The predicted octanol–water partition coefficient (Wildman–Crippen LogP) is 4.96. The molecular weight excluding hydrogens is 400 g/mol. The number of rotatable bonds is 2. The molecule has 1 atom stereocenters. The normalized spacial score (nSPS) is 19.8. The van der Waals surface area contributed by atoms with Gasteiger partial charge in [-0.3, -0.25) is 4.79 Å². The number of carbonyl (C=O) groups excluding carboxylic acids is 1. The first-order valence-corrected chi connectivity index (χ1v) is 10.2. The maximum atomic E-state index is 13.2. The fourth-order valence-electron chi connectivity index (χ4n) is 4.30. The van der Waals surface area contributed by atoms with Crippen molar-refractivity contribution >= 4 is 23.3 Å². The number of fused-ring (bicyclic) bond motifs is 1. The molecule has 1 aromatic heterocycles. The average Bonchev–Trinajstić information content (AvgIpc) is 3.10. The lowest BCUT2D eigenvalue weighted by Crippen LogP contribution is -2.36. The van der Waals surface area contributed by atoms with Gasteiger partial charge in [-0.2, -0.15) is 4.98 Å². The van der Waals surface area contributed by atoms with E-state index in [2.05, 4.69) is 19.2 Å². The summed E-state index contributed by atoms with van der Waals surface area (Å²) in [5.74, 6) is 1.45. The van der Waals surface area contributed by atoms with Gasteiger partial charge in [-0.1, -0.05) is 37.6 Å². The quantitative estimate of drug-likeness (QED) is 0.612. The van der Waals surface area contributed by atoms with Crippen molar-refractivity contribution in [2.75, 3.05) is 5.32 Å². The second-order valence-corrected chi connectivity index (χ2v) is 9.10. The third-order valence-corrected chi connectivity index (χ3v) is 5.90. The lowest BCUT2D eigenvalue weighted by Gasteiger charge is -2.38. The lowest BCUT2D eigenvalue weighted by molar-refractivity contribution is -0.118. The van der Waals surface area contributed by atoms with Crippen LogP contribution in [0.15, 0.2) is 59.8 Å². The molecule has 2 aliphatic rings. The Bertz CT molecular complexity index is 1180. The van der Waals surface area contributed by atoms with Crippen molar-refractivity contribution in [2.45, 2.75) is 32.7 Å². The first kappa shape index (κ1) is 18.9. The van der Waals surface area contributed by atoms with Gasteiger partial charge in [-0.05, 0) is 53.8 Å². The van der Waals surface area contributed by atoms with Crippen LogP contribution in [0.3, 0.4) is 0 Å². The van der Waals surface area contributed by atoms with E-state index in [0.29, 0.717) is 23.2 Å². The molecule has 0 amide bonds. The highest BCUT2D eigenvalue weighted by Crippen LogP contribution is 2.45. The molecule has 3 aromatic rings. The number of halogens is 1. The Balaban J connectivity index is 1.67. The number of hydrogen-bond acceptors (Lipinski definition) is 5. The molecule has 2 N–H and O–H groups in total. The Morgan fingerprint density at radius 3 is 2.50 bits per heavy atom. The number of aromatic nitrogens is 3. The van der Waals surface area contributed by atoms with Gasteiger partial charge in [0, 0.05) is 28.3 Å². The van der Waals surface area contributed by atoms with Crippen molar-refractivity contribution in [2.24, 2.45) is 5.41 Å². The van der Waals surface area contributed by atoms with E-state index in [9.17, 15) is 9.90 Å². The molecule has 0 spiro atoms. The van der Waals surface area contributed by atoms with Gasteiger partial charge in [-0.15, -0.1) is 5.10 Å². The summed E-state index contributed by atoms with van der Waals surface area (Å²) in [7, 11) is 0. The number of aromatic hydroxyl groups is 1. The molecule has 0 saturated carbocycles. The topological polar surface area (TPSA) is 80.0 Å². The summed E-state index contributed by atoms with van der Waals surface area (Å²) in [6.45, 7) is 4.20. The number of allylic oxidation sites excluding steroid dienone is 2. The number of anilines is 1. The maximum absolute atomic E-state index is 13.2. The zero-order valence-electron chi connectivity index (χ0n) is 16.7. The Morgan fingerprint density at radius 1 is 1.10 bits per heavy atom. The largest absolute Gasteiger partial charge is 0.508 e. The first-order valence-electron chi connectivity index (χ1n) is 9.85. The summed E-state index contributed by atoms with van der Waals surface area (Å²) < 4.78 is 1.77. The molecule has 30 heavy (non-hydrogen) atoms. The first-order chi connectivity index (χ1) is 14.3. The van der Waals surface area contributed by atoms with E-state index in [1.807, 2.05) is 24.3 Å². The molecule has 1 unspecified atom stereocenters. The van der Waals surface area contributed by atoms with Gasteiger partial charge in [0.15, 0.2) is 11.6 Å². The smallest absolute Gasteiger partial charge is 0.226 e. The molecule has 6 nitrogen and oxygen atoms in total.